The Bertz CT molecular complexity index is 628. The van der Waals surface area contributed by atoms with Crippen molar-refractivity contribution in [2.75, 3.05) is 31.2 Å². The highest BCUT2D eigenvalue weighted by atomic mass is 16.5. The summed E-state index contributed by atoms with van der Waals surface area (Å²) in [6.45, 7) is 2.58. The van der Waals surface area contributed by atoms with Crippen molar-refractivity contribution in [2.24, 2.45) is 0 Å². The quantitative estimate of drug-likeness (QED) is 0.566. The first-order valence-corrected chi connectivity index (χ1v) is 6.33. The second-order valence-corrected chi connectivity index (χ2v) is 4.35. The van der Waals surface area contributed by atoms with Crippen molar-refractivity contribution >= 4 is 28.2 Å². The molecule has 0 atom stereocenters. The molecule has 0 fully saturated rings. The van der Waals surface area contributed by atoms with Crippen LogP contribution in [0, 0.1) is 0 Å². The normalized spacial score (nSPS) is 10.3. The molecule has 0 unspecified atom stereocenters. The first kappa shape index (κ1) is 13.9. The van der Waals surface area contributed by atoms with E-state index < -0.39 is 0 Å². The molecule has 1 heterocycles. The van der Waals surface area contributed by atoms with Crippen LogP contribution in [0.5, 0.6) is 5.75 Å². The number of fused-ring (bicyclic) bond motifs is 1. The van der Waals surface area contributed by atoms with Crippen molar-refractivity contribution < 1.29 is 9.53 Å². The number of amides is 1. The lowest BCUT2D eigenvalue weighted by Gasteiger charge is -2.13. The summed E-state index contributed by atoms with van der Waals surface area (Å²) >= 11 is 0. The summed E-state index contributed by atoms with van der Waals surface area (Å²) in [5, 5.41) is 7.62. The number of carbonyl (C=O) groups is 1. The number of ether oxygens (including phenoxy) is 1. The fourth-order valence-electron chi connectivity index (χ4n) is 2.03. The van der Waals surface area contributed by atoms with Crippen LogP contribution in [0.15, 0.2) is 24.4 Å². The van der Waals surface area contributed by atoms with E-state index in [2.05, 4.69) is 15.6 Å². The maximum Gasteiger partial charge on any atom is 0.216 e. The Kier molecular flexibility index (Phi) is 4.24. The van der Waals surface area contributed by atoms with E-state index in [-0.39, 0.29) is 5.91 Å². The van der Waals surface area contributed by atoms with E-state index in [1.807, 2.05) is 12.1 Å². The zero-order valence-electron chi connectivity index (χ0n) is 11.6. The van der Waals surface area contributed by atoms with E-state index in [0.717, 1.165) is 16.5 Å². The van der Waals surface area contributed by atoms with Crippen LogP contribution in [-0.4, -0.2) is 31.1 Å². The summed E-state index contributed by atoms with van der Waals surface area (Å²) in [5.74, 6) is 1.38. The number of rotatable bonds is 5. The molecule has 20 heavy (non-hydrogen) atoms. The Morgan fingerprint density at radius 3 is 2.85 bits per heavy atom. The minimum absolute atomic E-state index is 0.0566. The average Bonchev–Trinajstić information content (AvgIpc) is 2.44. The van der Waals surface area contributed by atoms with Crippen LogP contribution < -0.4 is 21.1 Å². The third-order valence-corrected chi connectivity index (χ3v) is 2.93. The Morgan fingerprint density at radius 1 is 1.35 bits per heavy atom. The fourth-order valence-corrected chi connectivity index (χ4v) is 2.03. The van der Waals surface area contributed by atoms with Crippen molar-refractivity contribution in [1.82, 2.24) is 10.3 Å². The van der Waals surface area contributed by atoms with Gasteiger partial charge in [0.05, 0.1) is 12.5 Å². The van der Waals surface area contributed by atoms with Gasteiger partial charge in [-0.3, -0.25) is 4.79 Å². The van der Waals surface area contributed by atoms with Crippen molar-refractivity contribution in [3.63, 3.8) is 0 Å². The largest absolute Gasteiger partial charge is 0.496 e. The fraction of sp³-hybridized carbons (Fsp3) is 0.286. The van der Waals surface area contributed by atoms with Crippen molar-refractivity contribution in [2.45, 2.75) is 6.92 Å². The number of hydrogen-bond donors (Lipinski definition) is 3. The van der Waals surface area contributed by atoms with Gasteiger partial charge in [0.1, 0.15) is 11.6 Å². The van der Waals surface area contributed by atoms with Gasteiger partial charge in [0.15, 0.2) is 0 Å². The lowest BCUT2D eigenvalue weighted by Crippen LogP contribution is -2.26. The smallest absolute Gasteiger partial charge is 0.216 e. The molecule has 1 amide bonds. The average molecular weight is 274 g/mol. The molecule has 0 radical (unpaired) electrons. The molecule has 0 spiro atoms. The molecule has 2 aromatic rings. The molecular weight excluding hydrogens is 256 g/mol. The zero-order chi connectivity index (χ0) is 14.5. The Labute approximate surface area is 117 Å². The Balaban J connectivity index is 2.27. The predicted molar refractivity (Wildman–Crippen MR) is 79.9 cm³/mol. The number of benzene rings is 1. The zero-order valence-corrected chi connectivity index (χ0v) is 11.6. The van der Waals surface area contributed by atoms with E-state index >= 15 is 0 Å². The second-order valence-electron chi connectivity index (χ2n) is 4.35. The van der Waals surface area contributed by atoms with Gasteiger partial charge in [0.2, 0.25) is 5.91 Å². The number of nitrogens with one attached hydrogen (secondary N) is 2. The monoisotopic (exact) mass is 274 g/mol. The standard InChI is InChI=1S/C14H18N4O2/c1-9(19)16-7-8-18-14-13-10(5-6-17-14)12(20-2)4-3-11(13)15/h3-6H,7-8,15H2,1-2H3,(H,16,19)(H,17,18). The second kappa shape index (κ2) is 6.10. The SMILES string of the molecule is COc1ccc(N)c2c(NCCNC(C)=O)nccc12. The van der Waals surface area contributed by atoms with Crippen LogP contribution in [0.3, 0.4) is 0 Å². The maximum atomic E-state index is 10.8. The number of anilines is 2. The van der Waals surface area contributed by atoms with Gasteiger partial charge < -0.3 is 21.1 Å². The number of aromatic nitrogens is 1. The molecule has 6 heteroatoms. The van der Waals surface area contributed by atoms with Crippen LogP contribution in [0.4, 0.5) is 11.5 Å². The molecule has 0 bridgehead atoms. The molecule has 106 valence electrons. The van der Waals surface area contributed by atoms with Gasteiger partial charge in [0, 0.05) is 37.3 Å². The first-order chi connectivity index (χ1) is 9.63. The molecular formula is C14H18N4O2. The molecule has 0 aliphatic rings. The molecule has 1 aromatic carbocycles. The van der Waals surface area contributed by atoms with Crippen LogP contribution in [0.25, 0.3) is 10.8 Å². The van der Waals surface area contributed by atoms with Crippen molar-refractivity contribution in [1.29, 1.82) is 0 Å². The summed E-state index contributed by atoms with van der Waals surface area (Å²) in [6.07, 6.45) is 1.70. The van der Waals surface area contributed by atoms with E-state index in [0.29, 0.717) is 24.6 Å². The van der Waals surface area contributed by atoms with Crippen molar-refractivity contribution in [3.8, 4) is 5.75 Å². The molecule has 6 nitrogen and oxygen atoms in total. The van der Waals surface area contributed by atoms with Gasteiger partial charge in [-0.1, -0.05) is 0 Å². The van der Waals surface area contributed by atoms with Crippen LogP contribution in [0.2, 0.25) is 0 Å². The van der Waals surface area contributed by atoms with E-state index in [9.17, 15) is 4.79 Å². The minimum atomic E-state index is -0.0566. The van der Waals surface area contributed by atoms with Gasteiger partial charge in [-0.05, 0) is 18.2 Å². The molecule has 2 rings (SSSR count). The molecule has 4 N–H and O–H groups in total. The van der Waals surface area contributed by atoms with Crippen LogP contribution >= 0.6 is 0 Å². The molecule has 0 aliphatic heterocycles. The topological polar surface area (TPSA) is 89.3 Å². The number of methoxy groups -OCH3 is 1. The van der Waals surface area contributed by atoms with E-state index in [1.165, 1.54) is 6.92 Å². The van der Waals surface area contributed by atoms with Crippen LogP contribution in [0.1, 0.15) is 6.92 Å². The number of pyridine rings is 1. The summed E-state index contributed by atoms with van der Waals surface area (Å²) in [5.41, 5.74) is 6.66. The lowest BCUT2D eigenvalue weighted by molar-refractivity contribution is -0.118. The van der Waals surface area contributed by atoms with E-state index in [1.54, 1.807) is 19.4 Å². The van der Waals surface area contributed by atoms with Gasteiger partial charge in [-0.15, -0.1) is 0 Å². The van der Waals surface area contributed by atoms with Gasteiger partial charge in [-0.25, -0.2) is 4.98 Å². The summed E-state index contributed by atoms with van der Waals surface area (Å²) in [4.78, 5) is 15.1. The Morgan fingerprint density at radius 2 is 2.15 bits per heavy atom. The molecule has 0 saturated carbocycles. The number of nitrogens with zero attached hydrogens (tertiary/aromatic N) is 1. The highest BCUT2D eigenvalue weighted by Crippen LogP contribution is 2.33. The highest BCUT2D eigenvalue weighted by molar-refractivity contribution is 6.03. The Hall–Kier alpha value is -2.50. The molecule has 1 aromatic heterocycles. The number of nitrogen functional groups attached to an aromatic ring is 1. The first-order valence-electron chi connectivity index (χ1n) is 6.33. The third kappa shape index (κ3) is 2.90. The maximum absolute atomic E-state index is 10.8. The number of carbonyl (C=O) groups excluding carboxylic acids is 1. The van der Waals surface area contributed by atoms with Gasteiger partial charge >= 0.3 is 0 Å². The predicted octanol–water partition coefficient (Wildman–Crippen LogP) is 1.37. The van der Waals surface area contributed by atoms with Crippen LogP contribution in [-0.2, 0) is 4.79 Å². The lowest BCUT2D eigenvalue weighted by atomic mass is 10.1. The summed E-state index contributed by atoms with van der Waals surface area (Å²) < 4.78 is 5.33. The third-order valence-electron chi connectivity index (χ3n) is 2.93. The van der Waals surface area contributed by atoms with Crippen molar-refractivity contribution in [3.05, 3.63) is 24.4 Å². The minimum Gasteiger partial charge on any atom is -0.496 e. The highest BCUT2D eigenvalue weighted by Gasteiger charge is 2.09. The van der Waals surface area contributed by atoms with Gasteiger partial charge in [0.25, 0.3) is 0 Å². The number of hydrogen-bond acceptors (Lipinski definition) is 5. The molecule has 0 aliphatic carbocycles. The summed E-state index contributed by atoms with van der Waals surface area (Å²) in [6, 6.07) is 5.49. The summed E-state index contributed by atoms with van der Waals surface area (Å²) in [7, 11) is 1.62. The number of nitrogens with two attached hydrogens (primary N) is 1. The molecule has 0 saturated heterocycles. The van der Waals surface area contributed by atoms with E-state index in [4.69, 9.17) is 10.5 Å². The van der Waals surface area contributed by atoms with Gasteiger partial charge in [-0.2, -0.15) is 0 Å².